The van der Waals surface area contributed by atoms with Gasteiger partial charge >= 0.3 is 0 Å². The van der Waals surface area contributed by atoms with E-state index >= 15 is 0 Å². The van der Waals surface area contributed by atoms with Crippen LogP contribution >= 0.6 is 0 Å². The summed E-state index contributed by atoms with van der Waals surface area (Å²) in [7, 11) is 0. The van der Waals surface area contributed by atoms with Gasteiger partial charge in [0, 0.05) is 34.6 Å². The zero-order chi connectivity index (χ0) is 18.6. The van der Waals surface area contributed by atoms with Gasteiger partial charge in [0.05, 0.1) is 5.69 Å². The van der Waals surface area contributed by atoms with Gasteiger partial charge in [0.1, 0.15) is 0 Å². The second kappa shape index (κ2) is 7.46. The number of nitrogens with one attached hydrogen (secondary N) is 1. The van der Waals surface area contributed by atoms with Crippen LogP contribution in [0.25, 0.3) is 0 Å². The number of aryl methyl sites for hydroxylation is 2. The topological polar surface area (TPSA) is 68.0 Å². The lowest BCUT2D eigenvalue weighted by molar-refractivity contribution is 0.102. The molecule has 27 heavy (non-hydrogen) atoms. The highest BCUT2D eigenvalue weighted by Crippen LogP contribution is 2.28. The summed E-state index contributed by atoms with van der Waals surface area (Å²) in [4.78, 5) is 16.7. The van der Waals surface area contributed by atoms with Gasteiger partial charge < -0.3 is 4.52 Å². The van der Waals surface area contributed by atoms with E-state index in [2.05, 4.69) is 27.3 Å². The molecule has 1 aliphatic carbocycles. The number of hydrogen-bond acceptors (Lipinski definition) is 4. The first-order chi connectivity index (χ1) is 13.2. The Morgan fingerprint density at radius 1 is 1.19 bits per heavy atom. The molecule has 0 aliphatic heterocycles. The van der Waals surface area contributed by atoms with Crippen LogP contribution in [0.2, 0.25) is 0 Å². The molecule has 4 rings (SSSR count). The van der Waals surface area contributed by atoms with E-state index in [0.717, 1.165) is 53.6 Å². The standard InChI is InChI=1S/C22H19N3O2/c1-15-8-10-18(13-17(15)11-9-16-5-4-12-23-14-16)21(26)24-22-19-6-2-3-7-20(19)25-27-22/h4-5,8,10,12-14H,2-3,6-7H2,1H3,(H,24,26). The molecule has 134 valence electrons. The first-order valence-electron chi connectivity index (χ1n) is 9.02. The number of anilines is 1. The summed E-state index contributed by atoms with van der Waals surface area (Å²) in [6.07, 6.45) is 7.44. The van der Waals surface area contributed by atoms with Gasteiger partial charge in [0.2, 0.25) is 5.88 Å². The van der Waals surface area contributed by atoms with E-state index in [1.165, 1.54) is 0 Å². The maximum Gasteiger partial charge on any atom is 0.258 e. The van der Waals surface area contributed by atoms with Crippen LogP contribution in [0.3, 0.4) is 0 Å². The molecule has 0 radical (unpaired) electrons. The van der Waals surface area contributed by atoms with Crippen LogP contribution in [0.1, 0.15) is 51.1 Å². The predicted octanol–water partition coefficient (Wildman–Crippen LogP) is 3.91. The molecule has 5 heteroatoms. The van der Waals surface area contributed by atoms with E-state index in [9.17, 15) is 4.79 Å². The first-order valence-corrected chi connectivity index (χ1v) is 9.02. The second-order valence-corrected chi connectivity index (χ2v) is 6.62. The molecule has 0 spiro atoms. The average Bonchev–Trinajstić information content (AvgIpc) is 3.11. The Balaban J connectivity index is 1.56. The lowest BCUT2D eigenvalue weighted by atomic mass is 9.97. The van der Waals surface area contributed by atoms with Crippen molar-refractivity contribution in [2.24, 2.45) is 0 Å². The third-order valence-electron chi connectivity index (χ3n) is 4.69. The van der Waals surface area contributed by atoms with Crippen molar-refractivity contribution in [3.05, 3.63) is 76.2 Å². The number of carbonyl (C=O) groups excluding carboxylic acids is 1. The Morgan fingerprint density at radius 3 is 2.93 bits per heavy atom. The molecular formula is C22H19N3O2. The van der Waals surface area contributed by atoms with E-state index in [-0.39, 0.29) is 5.91 Å². The van der Waals surface area contributed by atoms with Crippen molar-refractivity contribution < 1.29 is 9.32 Å². The lowest BCUT2D eigenvalue weighted by Gasteiger charge is -2.10. The fourth-order valence-corrected chi connectivity index (χ4v) is 3.14. The minimum atomic E-state index is -0.219. The molecule has 1 N–H and O–H groups in total. The van der Waals surface area contributed by atoms with Crippen LogP contribution in [-0.2, 0) is 12.8 Å². The number of nitrogens with zero attached hydrogens (tertiary/aromatic N) is 2. The van der Waals surface area contributed by atoms with E-state index in [4.69, 9.17) is 4.52 Å². The molecule has 3 aromatic rings. The Morgan fingerprint density at radius 2 is 2.07 bits per heavy atom. The van der Waals surface area contributed by atoms with Crippen molar-refractivity contribution in [1.82, 2.24) is 10.1 Å². The minimum Gasteiger partial charge on any atom is -0.338 e. The van der Waals surface area contributed by atoms with Crippen molar-refractivity contribution in [2.45, 2.75) is 32.6 Å². The molecule has 0 unspecified atom stereocenters. The summed E-state index contributed by atoms with van der Waals surface area (Å²) in [5.74, 6) is 6.46. The molecule has 1 aliphatic rings. The molecule has 0 saturated heterocycles. The fourth-order valence-electron chi connectivity index (χ4n) is 3.14. The molecule has 0 atom stereocenters. The molecule has 1 amide bonds. The smallest absolute Gasteiger partial charge is 0.258 e. The highest BCUT2D eigenvalue weighted by molar-refractivity contribution is 6.04. The molecule has 1 aromatic carbocycles. The van der Waals surface area contributed by atoms with Crippen LogP contribution in [0, 0.1) is 18.8 Å². The Hall–Kier alpha value is -3.39. The fraction of sp³-hybridized carbons (Fsp3) is 0.227. The van der Waals surface area contributed by atoms with Crippen molar-refractivity contribution in [2.75, 3.05) is 5.32 Å². The average molecular weight is 357 g/mol. The van der Waals surface area contributed by atoms with Gasteiger partial charge in [-0.05, 0) is 62.4 Å². The van der Waals surface area contributed by atoms with Gasteiger partial charge in [0.25, 0.3) is 5.91 Å². The molecule has 2 heterocycles. The Bertz CT molecular complexity index is 1040. The minimum absolute atomic E-state index is 0.219. The summed E-state index contributed by atoms with van der Waals surface area (Å²) < 4.78 is 5.35. The van der Waals surface area contributed by atoms with E-state index in [0.29, 0.717) is 11.4 Å². The van der Waals surface area contributed by atoms with Crippen LogP contribution in [0.4, 0.5) is 5.88 Å². The van der Waals surface area contributed by atoms with Crippen molar-refractivity contribution >= 4 is 11.8 Å². The van der Waals surface area contributed by atoms with Crippen LogP contribution < -0.4 is 5.32 Å². The monoisotopic (exact) mass is 357 g/mol. The predicted molar refractivity (Wildman–Crippen MR) is 102 cm³/mol. The Labute approximate surface area is 157 Å². The molecule has 0 fully saturated rings. The van der Waals surface area contributed by atoms with E-state index in [1.807, 2.05) is 25.1 Å². The molecular weight excluding hydrogens is 338 g/mol. The number of carbonyl (C=O) groups is 1. The third-order valence-corrected chi connectivity index (χ3v) is 4.69. The third kappa shape index (κ3) is 3.75. The highest BCUT2D eigenvalue weighted by Gasteiger charge is 2.21. The molecule has 0 bridgehead atoms. The molecule has 2 aromatic heterocycles. The number of amides is 1. The quantitative estimate of drug-likeness (QED) is 0.706. The maximum absolute atomic E-state index is 12.7. The zero-order valence-electron chi connectivity index (χ0n) is 15.1. The molecule has 0 saturated carbocycles. The second-order valence-electron chi connectivity index (χ2n) is 6.62. The number of hydrogen-bond donors (Lipinski definition) is 1. The molecule has 5 nitrogen and oxygen atoms in total. The van der Waals surface area contributed by atoms with Crippen LogP contribution in [-0.4, -0.2) is 16.0 Å². The van der Waals surface area contributed by atoms with E-state index in [1.54, 1.807) is 24.5 Å². The van der Waals surface area contributed by atoms with Crippen molar-refractivity contribution in [3.8, 4) is 11.8 Å². The van der Waals surface area contributed by atoms with Crippen LogP contribution in [0.15, 0.2) is 47.2 Å². The van der Waals surface area contributed by atoms with Crippen molar-refractivity contribution in [1.29, 1.82) is 0 Å². The number of pyridine rings is 1. The SMILES string of the molecule is Cc1ccc(C(=O)Nc2onc3c2CCCC3)cc1C#Cc1cccnc1. The number of rotatable bonds is 2. The first kappa shape index (κ1) is 17.0. The summed E-state index contributed by atoms with van der Waals surface area (Å²) in [5.41, 5.74) is 5.19. The van der Waals surface area contributed by atoms with Gasteiger partial charge in [-0.2, -0.15) is 0 Å². The summed E-state index contributed by atoms with van der Waals surface area (Å²) in [6.45, 7) is 1.97. The summed E-state index contributed by atoms with van der Waals surface area (Å²) in [5, 5.41) is 6.94. The Kier molecular flexibility index (Phi) is 4.71. The number of aromatic nitrogens is 2. The maximum atomic E-state index is 12.7. The van der Waals surface area contributed by atoms with Gasteiger partial charge in [-0.25, -0.2) is 0 Å². The van der Waals surface area contributed by atoms with Crippen molar-refractivity contribution in [3.63, 3.8) is 0 Å². The van der Waals surface area contributed by atoms with Crippen LogP contribution in [0.5, 0.6) is 0 Å². The highest BCUT2D eigenvalue weighted by atomic mass is 16.5. The lowest BCUT2D eigenvalue weighted by Crippen LogP contribution is -2.14. The summed E-state index contributed by atoms with van der Waals surface area (Å²) in [6, 6.07) is 9.25. The van der Waals surface area contributed by atoms with Gasteiger partial charge in [-0.3, -0.25) is 15.1 Å². The van der Waals surface area contributed by atoms with E-state index < -0.39 is 0 Å². The van der Waals surface area contributed by atoms with Gasteiger partial charge in [-0.15, -0.1) is 0 Å². The summed E-state index contributed by atoms with van der Waals surface area (Å²) >= 11 is 0. The van der Waals surface area contributed by atoms with Gasteiger partial charge in [-0.1, -0.05) is 23.1 Å². The van der Waals surface area contributed by atoms with Gasteiger partial charge in [0.15, 0.2) is 0 Å². The number of benzene rings is 1. The zero-order valence-corrected chi connectivity index (χ0v) is 15.1. The largest absolute Gasteiger partial charge is 0.338 e. The number of fused-ring (bicyclic) bond motifs is 1. The normalized spacial score (nSPS) is 12.6.